The van der Waals surface area contributed by atoms with Gasteiger partial charge in [-0.05, 0) is 37.9 Å². The van der Waals surface area contributed by atoms with Gasteiger partial charge in [0.05, 0.1) is 0 Å². The van der Waals surface area contributed by atoms with Gasteiger partial charge in [-0.1, -0.05) is 30.3 Å². The number of piperidine rings is 1. The zero-order chi connectivity index (χ0) is 14.5. The molecule has 0 saturated carbocycles. The summed E-state index contributed by atoms with van der Waals surface area (Å²) in [7, 11) is 4.00. The van der Waals surface area contributed by atoms with Gasteiger partial charge in [0.1, 0.15) is 6.04 Å². The molecule has 20 heavy (non-hydrogen) atoms. The second-order valence-electron chi connectivity index (χ2n) is 5.88. The maximum Gasteiger partial charge on any atom is 0.243 e. The highest BCUT2D eigenvalue weighted by atomic mass is 16.2. The number of hydrogen-bond donors (Lipinski definition) is 1. The summed E-state index contributed by atoms with van der Waals surface area (Å²) in [5.74, 6) is 0.565. The Balaban J connectivity index is 1.91. The van der Waals surface area contributed by atoms with Crippen molar-refractivity contribution in [2.24, 2.45) is 11.7 Å². The standard InChI is InChI=1S/C16H25N3O/c1-18-10-6-7-13(11-18)12-19(2)16(20)15(17)14-8-4-3-5-9-14/h3-5,8-9,13,15H,6-7,10-12,17H2,1-2H3/t13-,15-/m0/s1. The highest BCUT2D eigenvalue weighted by Crippen LogP contribution is 2.18. The molecule has 1 heterocycles. The summed E-state index contributed by atoms with van der Waals surface area (Å²) >= 11 is 0. The van der Waals surface area contributed by atoms with Crippen molar-refractivity contribution < 1.29 is 4.79 Å². The van der Waals surface area contributed by atoms with Crippen molar-refractivity contribution in [3.63, 3.8) is 0 Å². The summed E-state index contributed by atoms with van der Waals surface area (Å²) in [6.45, 7) is 3.03. The number of nitrogens with two attached hydrogens (primary N) is 1. The zero-order valence-corrected chi connectivity index (χ0v) is 12.5. The Kier molecular flexibility index (Phi) is 5.15. The predicted molar refractivity (Wildman–Crippen MR) is 81.2 cm³/mol. The maximum absolute atomic E-state index is 12.4. The third-order valence-electron chi connectivity index (χ3n) is 4.06. The molecule has 0 aliphatic carbocycles. The van der Waals surface area contributed by atoms with Gasteiger partial charge in [0.2, 0.25) is 5.91 Å². The van der Waals surface area contributed by atoms with E-state index in [1.807, 2.05) is 37.4 Å². The number of carbonyl (C=O) groups is 1. The third-order valence-corrected chi connectivity index (χ3v) is 4.06. The summed E-state index contributed by atoms with van der Waals surface area (Å²) in [4.78, 5) is 16.5. The fraction of sp³-hybridized carbons (Fsp3) is 0.562. The van der Waals surface area contributed by atoms with Crippen LogP contribution >= 0.6 is 0 Å². The topological polar surface area (TPSA) is 49.6 Å². The molecule has 2 atom stereocenters. The van der Waals surface area contributed by atoms with E-state index in [0.717, 1.165) is 25.2 Å². The Labute approximate surface area is 121 Å². The first-order valence-electron chi connectivity index (χ1n) is 7.32. The summed E-state index contributed by atoms with van der Waals surface area (Å²) in [6.07, 6.45) is 2.41. The van der Waals surface area contributed by atoms with E-state index in [9.17, 15) is 4.79 Å². The number of amides is 1. The summed E-state index contributed by atoms with van der Waals surface area (Å²) in [5.41, 5.74) is 6.95. The summed E-state index contributed by atoms with van der Waals surface area (Å²) in [6, 6.07) is 9.03. The molecule has 0 radical (unpaired) electrons. The molecule has 1 aromatic carbocycles. The first-order chi connectivity index (χ1) is 9.58. The normalized spacial score (nSPS) is 21.4. The van der Waals surface area contributed by atoms with Crippen molar-refractivity contribution in [3.05, 3.63) is 35.9 Å². The van der Waals surface area contributed by atoms with Crippen LogP contribution in [0.25, 0.3) is 0 Å². The molecule has 1 fully saturated rings. The van der Waals surface area contributed by atoms with Crippen molar-refractivity contribution >= 4 is 5.91 Å². The van der Waals surface area contributed by atoms with E-state index in [1.54, 1.807) is 4.90 Å². The van der Waals surface area contributed by atoms with Crippen LogP contribution in [0, 0.1) is 5.92 Å². The molecule has 2 rings (SSSR count). The molecule has 1 aliphatic rings. The van der Waals surface area contributed by atoms with Crippen LogP contribution < -0.4 is 5.73 Å². The Morgan fingerprint density at radius 2 is 2.15 bits per heavy atom. The Morgan fingerprint density at radius 3 is 2.80 bits per heavy atom. The van der Waals surface area contributed by atoms with Gasteiger partial charge >= 0.3 is 0 Å². The fourth-order valence-electron chi connectivity index (χ4n) is 2.94. The van der Waals surface area contributed by atoms with Crippen LogP contribution in [0.3, 0.4) is 0 Å². The van der Waals surface area contributed by atoms with Gasteiger partial charge in [0, 0.05) is 20.1 Å². The van der Waals surface area contributed by atoms with Gasteiger partial charge in [-0.25, -0.2) is 0 Å². The van der Waals surface area contributed by atoms with Gasteiger partial charge in [-0.15, -0.1) is 0 Å². The molecule has 1 saturated heterocycles. The molecule has 0 unspecified atom stereocenters. The van der Waals surface area contributed by atoms with Crippen molar-refractivity contribution in [2.45, 2.75) is 18.9 Å². The fourth-order valence-corrected chi connectivity index (χ4v) is 2.94. The highest BCUT2D eigenvalue weighted by molar-refractivity contribution is 5.82. The van der Waals surface area contributed by atoms with Gasteiger partial charge in [-0.3, -0.25) is 4.79 Å². The molecular formula is C16H25N3O. The quantitative estimate of drug-likeness (QED) is 0.905. The second kappa shape index (κ2) is 6.86. The number of carbonyl (C=O) groups excluding carboxylic acids is 1. The number of nitrogens with zero attached hydrogens (tertiary/aromatic N) is 2. The molecule has 1 aromatic rings. The number of hydrogen-bond acceptors (Lipinski definition) is 3. The lowest BCUT2D eigenvalue weighted by molar-refractivity contribution is -0.132. The Morgan fingerprint density at radius 1 is 1.45 bits per heavy atom. The van der Waals surface area contributed by atoms with Crippen molar-refractivity contribution in [1.29, 1.82) is 0 Å². The number of likely N-dealkylation sites (N-methyl/N-ethyl adjacent to an activating group) is 1. The molecule has 4 heteroatoms. The SMILES string of the molecule is CN1CCC[C@H](CN(C)C(=O)[C@@H](N)c2ccccc2)C1. The first-order valence-corrected chi connectivity index (χ1v) is 7.32. The van der Waals surface area contributed by atoms with Crippen LogP contribution in [0.5, 0.6) is 0 Å². The minimum atomic E-state index is -0.553. The van der Waals surface area contributed by atoms with E-state index >= 15 is 0 Å². The van der Waals surface area contributed by atoms with E-state index in [4.69, 9.17) is 5.73 Å². The van der Waals surface area contributed by atoms with Crippen molar-refractivity contribution in [1.82, 2.24) is 9.80 Å². The lowest BCUT2D eigenvalue weighted by Gasteiger charge is -2.33. The smallest absolute Gasteiger partial charge is 0.243 e. The van der Waals surface area contributed by atoms with Crippen LogP contribution in [0.2, 0.25) is 0 Å². The van der Waals surface area contributed by atoms with Crippen LogP contribution in [-0.2, 0) is 4.79 Å². The minimum Gasteiger partial charge on any atom is -0.344 e. The highest BCUT2D eigenvalue weighted by Gasteiger charge is 2.24. The molecule has 0 spiro atoms. The number of rotatable bonds is 4. The monoisotopic (exact) mass is 275 g/mol. The van der Waals surface area contributed by atoms with Crippen LogP contribution in [0.1, 0.15) is 24.4 Å². The molecule has 0 bridgehead atoms. The van der Waals surface area contributed by atoms with Crippen LogP contribution in [-0.4, -0.2) is 49.4 Å². The number of benzene rings is 1. The van der Waals surface area contributed by atoms with E-state index < -0.39 is 6.04 Å². The van der Waals surface area contributed by atoms with E-state index in [-0.39, 0.29) is 5.91 Å². The molecule has 0 aromatic heterocycles. The van der Waals surface area contributed by atoms with E-state index in [0.29, 0.717) is 5.92 Å². The molecule has 4 nitrogen and oxygen atoms in total. The molecule has 1 aliphatic heterocycles. The van der Waals surface area contributed by atoms with Gasteiger partial charge < -0.3 is 15.5 Å². The average Bonchev–Trinajstić information content (AvgIpc) is 2.46. The maximum atomic E-state index is 12.4. The lowest BCUT2D eigenvalue weighted by Crippen LogP contribution is -2.42. The van der Waals surface area contributed by atoms with Crippen molar-refractivity contribution in [2.75, 3.05) is 33.7 Å². The molecule has 1 amide bonds. The van der Waals surface area contributed by atoms with Gasteiger partial charge in [0.25, 0.3) is 0 Å². The average molecular weight is 275 g/mol. The molecule has 2 N–H and O–H groups in total. The van der Waals surface area contributed by atoms with Gasteiger partial charge in [-0.2, -0.15) is 0 Å². The predicted octanol–water partition coefficient (Wildman–Crippen LogP) is 1.49. The van der Waals surface area contributed by atoms with Crippen molar-refractivity contribution in [3.8, 4) is 0 Å². The minimum absolute atomic E-state index is 0.00410. The Hall–Kier alpha value is -1.39. The summed E-state index contributed by atoms with van der Waals surface area (Å²) < 4.78 is 0. The molecular weight excluding hydrogens is 250 g/mol. The lowest BCUT2D eigenvalue weighted by atomic mass is 9.97. The van der Waals surface area contributed by atoms with E-state index in [2.05, 4.69) is 11.9 Å². The second-order valence-corrected chi connectivity index (χ2v) is 5.88. The Bertz CT molecular complexity index is 435. The van der Waals surface area contributed by atoms with Gasteiger partial charge in [0.15, 0.2) is 0 Å². The third kappa shape index (κ3) is 3.81. The molecule has 110 valence electrons. The zero-order valence-electron chi connectivity index (χ0n) is 12.5. The first kappa shape index (κ1) is 15.0. The summed E-state index contributed by atoms with van der Waals surface area (Å²) in [5, 5.41) is 0. The van der Waals surface area contributed by atoms with Crippen LogP contribution in [0.4, 0.5) is 0 Å². The van der Waals surface area contributed by atoms with Crippen LogP contribution in [0.15, 0.2) is 30.3 Å². The van der Waals surface area contributed by atoms with E-state index in [1.165, 1.54) is 12.8 Å². The largest absolute Gasteiger partial charge is 0.344 e. The number of likely N-dealkylation sites (tertiary alicyclic amines) is 1.